The number of benzene rings is 3. The standard InChI is InChI=1S/C37H53N13O6/c1-55-30-21-25(20-24-12-5-6-13-26(24)30)47-31(51)27(14-7-17-44-34(38)39)48-32(52)28(15-8-18-45-35(40)41)49-33(53)29(16-9-19-46-36(42)43)50-37(54)56-22-23-10-3-2-4-11-23/h2-6,10-13,20-21,27-29H,7-9,14-19,22H2,1H3,(H,47,51)(H,48,52)(H,49,53)(H,50,54)(H4,38,39,44)(H4,40,41,45)(H4,42,43,46)/t27-,28-,29-/m0/s1. The normalized spacial score (nSPS) is 12.2. The quantitative estimate of drug-likeness (QED) is 0.0372. The minimum atomic E-state index is -1.19. The summed E-state index contributed by atoms with van der Waals surface area (Å²) in [6, 6.07) is 16.5. The monoisotopic (exact) mass is 775 g/mol. The molecule has 0 heterocycles. The molecule has 4 amide bonds. The van der Waals surface area contributed by atoms with Crippen molar-refractivity contribution < 1.29 is 28.7 Å². The van der Waals surface area contributed by atoms with Gasteiger partial charge in [-0.2, -0.15) is 0 Å². The summed E-state index contributed by atoms with van der Waals surface area (Å²) >= 11 is 0. The molecule has 0 saturated carbocycles. The number of carbonyl (C=O) groups is 4. The van der Waals surface area contributed by atoms with E-state index in [1.807, 2.05) is 30.3 Å². The molecule has 0 aliphatic heterocycles. The van der Waals surface area contributed by atoms with Gasteiger partial charge in [0.2, 0.25) is 17.7 Å². The molecule has 3 rings (SSSR count). The summed E-state index contributed by atoms with van der Waals surface area (Å²) in [5.74, 6) is -1.75. The van der Waals surface area contributed by atoms with Crippen LogP contribution in [0.3, 0.4) is 0 Å². The Balaban J connectivity index is 1.84. The summed E-state index contributed by atoms with van der Waals surface area (Å²) in [7, 11) is 1.53. The van der Waals surface area contributed by atoms with E-state index in [0.29, 0.717) is 24.3 Å². The van der Waals surface area contributed by atoms with Crippen LogP contribution >= 0.6 is 0 Å². The molecule has 3 atom stereocenters. The highest BCUT2D eigenvalue weighted by molar-refractivity contribution is 6.01. The zero-order valence-electron chi connectivity index (χ0n) is 31.4. The van der Waals surface area contributed by atoms with Gasteiger partial charge in [-0.3, -0.25) is 29.4 Å². The molecule has 0 radical (unpaired) electrons. The number of rotatable bonds is 22. The van der Waals surface area contributed by atoms with Gasteiger partial charge in [0.25, 0.3) is 0 Å². The average Bonchev–Trinajstić information content (AvgIpc) is 3.17. The van der Waals surface area contributed by atoms with Crippen LogP contribution in [0.15, 0.2) is 81.7 Å². The molecular formula is C37H53N13O6. The largest absolute Gasteiger partial charge is 0.496 e. The van der Waals surface area contributed by atoms with Crippen molar-refractivity contribution in [3.8, 4) is 5.75 Å². The first kappa shape index (κ1) is 43.6. The summed E-state index contributed by atoms with van der Waals surface area (Å²) in [6.07, 6.45) is 0.340. The van der Waals surface area contributed by atoms with Crippen LogP contribution in [0.2, 0.25) is 0 Å². The second-order valence-corrected chi connectivity index (χ2v) is 12.6. The maximum absolute atomic E-state index is 14.0. The molecule has 0 aromatic heterocycles. The van der Waals surface area contributed by atoms with E-state index in [9.17, 15) is 19.2 Å². The van der Waals surface area contributed by atoms with E-state index in [2.05, 4.69) is 36.2 Å². The second kappa shape index (κ2) is 23.1. The van der Waals surface area contributed by atoms with Gasteiger partial charge >= 0.3 is 6.09 Å². The number of methoxy groups -OCH3 is 1. The molecule has 0 bridgehead atoms. The number of nitrogens with zero attached hydrogens (tertiary/aromatic N) is 3. The highest BCUT2D eigenvalue weighted by Crippen LogP contribution is 2.30. The van der Waals surface area contributed by atoms with E-state index in [1.54, 1.807) is 36.4 Å². The van der Waals surface area contributed by atoms with Crippen LogP contribution in [0.25, 0.3) is 10.8 Å². The fraction of sp³-hybridized carbons (Fsp3) is 0.378. The van der Waals surface area contributed by atoms with Gasteiger partial charge in [-0.05, 0) is 55.5 Å². The van der Waals surface area contributed by atoms with Crippen LogP contribution < -0.4 is 60.4 Å². The van der Waals surface area contributed by atoms with Gasteiger partial charge in [0, 0.05) is 36.8 Å². The number of hydrogen-bond acceptors (Lipinski definition) is 9. The van der Waals surface area contributed by atoms with Crippen LogP contribution in [-0.4, -0.2) is 86.6 Å². The van der Waals surface area contributed by atoms with Crippen molar-refractivity contribution in [1.29, 1.82) is 0 Å². The fourth-order valence-electron chi connectivity index (χ4n) is 5.51. The van der Waals surface area contributed by atoms with Crippen LogP contribution in [0.5, 0.6) is 5.75 Å². The summed E-state index contributed by atoms with van der Waals surface area (Å²) in [5, 5.41) is 12.6. The Hall–Kier alpha value is -6.79. The van der Waals surface area contributed by atoms with Crippen molar-refractivity contribution in [3.63, 3.8) is 0 Å². The van der Waals surface area contributed by atoms with Crippen molar-refractivity contribution in [2.45, 2.75) is 63.3 Å². The summed E-state index contributed by atoms with van der Waals surface area (Å²) < 4.78 is 10.9. The third-order valence-corrected chi connectivity index (χ3v) is 8.23. The molecular weight excluding hydrogens is 722 g/mol. The van der Waals surface area contributed by atoms with Gasteiger partial charge in [-0.1, -0.05) is 54.6 Å². The smallest absolute Gasteiger partial charge is 0.408 e. The number of alkyl carbamates (subject to hydrolysis) is 1. The number of aliphatic imine (C=N–C) groups is 3. The molecule has 302 valence electrons. The Morgan fingerprint density at radius 3 is 1.62 bits per heavy atom. The molecule has 0 saturated heterocycles. The van der Waals surface area contributed by atoms with Crippen molar-refractivity contribution in [2.24, 2.45) is 49.4 Å². The lowest BCUT2D eigenvalue weighted by atomic mass is 10.1. The number of nitrogens with two attached hydrogens (primary N) is 6. The average molecular weight is 776 g/mol. The van der Waals surface area contributed by atoms with Crippen molar-refractivity contribution in [3.05, 3.63) is 72.3 Å². The van der Waals surface area contributed by atoms with E-state index >= 15 is 0 Å². The summed E-state index contributed by atoms with van der Waals surface area (Å²) in [4.78, 5) is 66.3. The lowest BCUT2D eigenvalue weighted by Gasteiger charge is -2.25. The Kier molecular flexibility index (Phi) is 18.0. The molecule has 3 aromatic rings. The number of amides is 4. The number of anilines is 1. The van der Waals surface area contributed by atoms with Crippen LogP contribution in [0.4, 0.5) is 10.5 Å². The van der Waals surface area contributed by atoms with Crippen LogP contribution in [0.1, 0.15) is 44.1 Å². The van der Waals surface area contributed by atoms with Gasteiger partial charge in [0.15, 0.2) is 17.9 Å². The Morgan fingerprint density at radius 2 is 1.11 bits per heavy atom. The Labute approximate surface area is 325 Å². The summed E-state index contributed by atoms with van der Waals surface area (Å²) in [6.45, 7) is 0.483. The first-order valence-electron chi connectivity index (χ1n) is 18.0. The Morgan fingerprint density at radius 1 is 0.625 bits per heavy atom. The van der Waals surface area contributed by atoms with E-state index in [0.717, 1.165) is 16.3 Å². The van der Waals surface area contributed by atoms with Crippen LogP contribution in [0, 0.1) is 0 Å². The number of carbonyl (C=O) groups excluding carboxylic acids is 4. The second-order valence-electron chi connectivity index (χ2n) is 12.6. The van der Waals surface area contributed by atoms with Crippen molar-refractivity contribution in [2.75, 3.05) is 32.1 Å². The Bertz CT molecular complexity index is 1840. The zero-order valence-corrected chi connectivity index (χ0v) is 31.4. The molecule has 19 heteroatoms. The van der Waals surface area contributed by atoms with Gasteiger partial charge < -0.3 is 65.1 Å². The molecule has 3 aromatic carbocycles. The molecule has 56 heavy (non-hydrogen) atoms. The predicted molar refractivity (Wildman–Crippen MR) is 216 cm³/mol. The molecule has 19 nitrogen and oxygen atoms in total. The van der Waals surface area contributed by atoms with E-state index < -0.39 is 41.9 Å². The number of guanidine groups is 3. The number of ether oxygens (including phenoxy) is 2. The van der Waals surface area contributed by atoms with Crippen molar-refractivity contribution in [1.82, 2.24) is 16.0 Å². The molecule has 0 fully saturated rings. The minimum absolute atomic E-state index is 0.0382. The van der Waals surface area contributed by atoms with Crippen molar-refractivity contribution >= 4 is 58.2 Å². The van der Waals surface area contributed by atoms with Gasteiger partial charge in [0.1, 0.15) is 30.5 Å². The number of nitrogens with one attached hydrogen (secondary N) is 4. The number of fused-ring (bicyclic) bond motifs is 1. The first-order chi connectivity index (χ1) is 26.9. The van der Waals surface area contributed by atoms with Gasteiger partial charge in [-0.25, -0.2) is 4.79 Å². The maximum atomic E-state index is 14.0. The molecule has 0 aliphatic carbocycles. The topological polar surface area (TPSA) is 328 Å². The van der Waals surface area contributed by atoms with E-state index in [4.69, 9.17) is 43.9 Å². The van der Waals surface area contributed by atoms with E-state index in [1.165, 1.54) is 7.11 Å². The molecule has 16 N–H and O–H groups in total. The lowest BCUT2D eigenvalue weighted by molar-refractivity contribution is -0.132. The molecule has 0 spiro atoms. The van der Waals surface area contributed by atoms with E-state index in [-0.39, 0.29) is 69.8 Å². The minimum Gasteiger partial charge on any atom is -0.496 e. The predicted octanol–water partition coefficient (Wildman–Crippen LogP) is 0.212. The first-order valence-corrected chi connectivity index (χ1v) is 18.0. The third kappa shape index (κ3) is 15.7. The zero-order chi connectivity index (χ0) is 40.9. The fourth-order valence-corrected chi connectivity index (χ4v) is 5.51. The third-order valence-electron chi connectivity index (χ3n) is 8.23. The highest BCUT2D eigenvalue weighted by Gasteiger charge is 2.30. The highest BCUT2D eigenvalue weighted by atomic mass is 16.5. The maximum Gasteiger partial charge on any atom is 0.408 e. The summed E-state index contributed by atoms with van der Waals surface area (Å²) in [5.41, 5.74) is 34.0. The van der Waals surface area contributed by atoms with Crippen LogP contribution in [-0.2, 0) is 25.7 Å². The van der Waals surface area contributed by atoms with Gasteiger partial charge in [-0.15, -0.1) is 0 Å². The molecule has 0 aliphatic rings. The SMILES string of the molecule is COc1cc(NC(=O)[C@H](CCCN=C(N)N)NC(=O)[C@H](CCCN=C(N)N)NC(=O)[C@H](CCCN=C(N)N)NC(=O)OCc2ccccc2)cc2ccccc12. The molecule has 0 unspecified atom stereocenters. The number of hydrogen-bond donors (Lipinski definition) is 10. The van der Waals surface area contributed by atoms with Gasteiger partial charge in [0.05, 0.1) is 7.11 Å². The lowest BCUT2D eigenvalue weighted by Crippen LogP contribution is -2.56.